The largest absolute Gasteiger partial charge is 0.466 e. The molecule has 8 heteroatoms. The molecule has 0 amide bonds. The topological polar surface area (TPSA) is 102 Å². The van der Waals surface area contributed by atoms with Crippen LogP contribution in [0.4, 0.5) is 0 Å². The molecule has 0 saturated heterocycles. The fourth-order valence-corrected chi connectivity index (χ4v) is 4.13. The zero-order chi connectivity index (χ0) is 27.0. The number of furan rings is 1. The maximum Gasteiger partial charge on any atom is 0.218 e. The van der Waals surface area contributed by atoms with E-state index < -0.39 is 12.3 Å². The fraction of sp³-hybridized carbons (Fsp3) is 0.194. The van der Waals surface area contributed by atoms with Crippen molar-refractivity contribution in [3.63, 3.8) is 0 Å². The second-order valence-corrected chi connectivity index (χ2v) is 9.23. The van der Waals surface area contributed by atoms with Gasteiger partial charge in [0.1, 0.15) is 24.5 Å². The van der Waals surface area contributed by atoms with Crippen LogP contribution >= 0.6 is 0 Å². The summed E-state index contributed by atoms with van der Waals surface area (Å²) in [5, 5.41) is 14.8. The van der Waals surface area contributed by atoms with E-state index in [0.717, 1.165) is 40.2 Å². The minimum Gasteiger partial charge on any atom is -0.466 e. The van der Waals surface area contributed by atoms with Crippen LogP contribution in [0.25, 0.3) is 33.7 Å². The molecule has 0 spiro atoms. The van der Waals surface area contributed by atoms with Crippen molar-refractivity contribution in [2.24, 2.45) is 5.92 Å². The quantitative estimate of drug-likeness (QED) is 0.230. The third-order valence-electron chi connectivity index (χ3n) is 6.58. The highest BCUT2D eigenvalue weighted by atomic mass is 16.5. The minimum atomic E-state index is -0.680. The Morgan fingerprint density at radius 1 is 0.923 bits per heavy atom. The Bertz CT molecular complexity index is 1510. The molecule has 3 aromatic carbocycles. The smallest absolute Gasteiger partial charge is 0.218 e. The number of benzene rings is 3. The third-order valence-corrected chi connectivity index (χ3v) is 6.58. The van der Waals surface area contributed by atoms with Gasteiger partial charge in [0, 0.05) is 0 Å². The molecule has 3 heterocycles. The number of nitrogens with zero attached hydrogens (tertiary/aromatic N) is 4. The van der Waals surface area contributed by atoms with E-state index in [2.05, 4.69) is 32.2 Å². The van der Waals surface area contributed by atoms with Crippen molar-refractivity contribution < 1.29 is 14.3 Å². The lowest BCUT2D eigenvalue weighted by molar-refractivity contribution is -0.0461. The zero-order valence-corrected chi connectivity index (χ0v) is 21.9. The molecule has 0 aliphatic carbocycles. The van der Waals surface area contributed by atoms with Crippen molar-refractivity contribution in [1.29, 1.82) is 0 Å². The molecule has 0 radical (unpaired) electrons. The number of hydrogen-bond acceptors (Lipinski definition) is 6. The highest BCUT2D eigenvalue weighted by Gasteiger charge is 2.28. The lowest BCUT2D eigenvalue weighted by Crippen LogP contribution is -2.34. The Kier molecular flexibility index (Phi) is 8.14. The summed E-state index contributed by atoms with van der Waals surface area (Å²) in [6.07, 6.45) is 4.21. The fourth-order valence-electron chi connectivity index (χ4n) is 4.13. The normalized spacial score (nSPS) is 13.3. The van der Waals surface area contributed by atoms with Crippen LogP contribution in [0.1, 0.15) is 26.5 Å². The first-order chi connectivity index (χ1) is 19.1. The maximum absolute atomic E-state index is 10.6. The van der Waals surface area contributed by atoms with Gasteiger partial charge in [0.15, 0.2) is 11.6 Å². The number of imidazole rings is 1. The van der Waals surface area contributed by atoms with E-state index in [4.69, 9.17) is 9.15 Å². The van der Waals surface area contributed by atoms with Gasteiger partial charge in [-0.15, -0.1) is 0 Å². The van der Waals surface area contributed by atoms with Crippen LogP contribution in [0.2, 0.25) is 0 Å². The van der Waals surface area contributed by atoms with Crippen molar-refractivity contribution in [1.82, 2.24) is 24.7 Å². The van der Waals surface area contributed by atoms with E-state index in [0.29, 0.717) is 5.75 Å². The molecular weight excluding hydrogens is 490 g/mol. The van der Waals surface area contributed by atoms with Gasteiger partial charge in [-0.05, 0) is 53.4 Å². The number of fused-ring (bicyclic) bond motifs is 1. The highest BCUT2D eigenvalue weighted by Crippen LogP contribution is 2.27. The molecule has 8 nitrogen and oxygen atoms in total. The van der Waals surface area contributed by atoms with Crippen molar-refractivity contribution in [2.45, 2.75) is 32.6 Å². The Morgan fingerprint density at radius 3 is 2.33 bits per heavy atom. The minimum absolute atomic E-state index is 0.0813. The molecule has 3 atom stereocenters. The summed E-state index contributed by atoms with van der Waals surface area (Å²) in [5.74, 6) is 2.30. The Balaban J connectivity index is 0.000000184. The van der Waals surface area contributed by atoms with E-state index in [-0.39, 0.29) is 5.92 Å². The summed E-state index contributed by atoms with van der Waals surface area (Å²) in [6, 6.07) is 29.7. The maximum atomic E-state index is 10.6. The van der Waals surface area contributed by atoms with Crippen LogP contribution in [0.5, 0.6) is 5.75 Å². The second-order valence-electron chi connectivity index (χ2n) is 9.23. The predicted octanol–water partition coefficient (Wildman–Crippen LogP) is 6.75. The molecule has 2 N–H and O–H groups in total. The number of para-hydroxylation sites is 2. The molecular formula is C31H31N5O3. The van der Waals surface area contributed by atoms with Gasteiger partial charge >= 0.3 is 0 Å². The van der Waals surface area contributed by atoms with E-state index in [1.807, 2.05) is 92.7 Å². The van der Waals surface area contributed by atoms with Crippen LogP contribution in [0.3, 0.4) is 0 Å². The van der Waals surface area contributed by atoms with Gasteiger partial charge in [-0.2, -0.15) is 5.10 Å². The molecule has 0 saturated carbocycles. The van der Waals surface area contributed by atoms with Gasteiger partial charge in [0.25, 0.3) is 0 Å². The van der Waals surface area contributed by atoms with Crippen molar-refractivity contribution in [3.05, 3.63) is 110 Å². The number of aromatic amines is 1. The summed E-state index contributed by atoms with van der Waals surface area (Å²) in [6.45, 7) is 4.04. The summed E-state index contributed by atoms with van der Waals surface area (Å²) in [7, 11) is 0. The molecule has 0 bridgehead atoms. The first-order valence-electron chi connectivity index (χ1n) is 13.0. The first kappa shape index (κ1) is 25.9. The molecule has 198 valence electrons. The van der Waals surface area contributed by atoms with Gasteiger partial charge in [-0.1, -0.05) is 74.9 Å². The number of aliphatic hydroxyl groups is 1. The number of H-pyrrole nitrogens is 1. The van der Waals surface area contributed by atoms with Gasteiger partial charge in [0.05, 0.1) is 17.3 Å². The SMILES string of the molecule is CCC(C)C(O)C(Oc1ccc(-c2ccccc2)cc1)n1cncn1.c1coc(-c2nc3ccccc3[nH]2)c1. The number of hydrogen-bond donors (Lipinski definition) is 2. The van der Waals surface area contributed by atoms with Crippen molar-refractivity contribution in [3.8, 4) is 28.5 Å². The van der Waals surface area contributed by atoms with Crippen molar-refractivity contribution in [2.75, 3.05) is 0 Å². The third kappa shape index (κ3) is 6.25. The Labute approximate surface area is 226 Å². The average Bonchev–Trinajstić information content (AvgIpc) is 3.78. The van der Waals surface area contributed by atoms with E-state index >= 15 is 0 Å². The number of nitrogens with one attached hydrogen (secondary N) is 1. The monoisotopic (exact) mass is 521 g/mol. The van der Waals surface area contributed by atoms with Gasteiger partial charge in [0.2, 0.25) is 6.23 Å². The first-order valence-corrected chi connectivity index (χ1v) is 13.0. The van der Waals surface area contributed by atoms with E-state index in [9.17, 15) is 5.11 Å². The van der Waals surface area contributed by atoms with E-state index in [1.165, 1.54) is 6.33 Å². The molecule has 6 rings (SSSR count). The summed E-state index contributed by atoms with van der Waals surface area (Å²) >= 11 is 0. The van der Waals surface area contributed by atoms with Gasteiger partial charge < -0.3 is 19.2 Å². The highest BCUT2D eigenvalue weighted by molar-refractivity contribution is 5.78. The second kappa shape index (κ2) is 12.2. The molecule has 6 aromatic rings. The molecule has 0 fully saturated rings. The van der Waals surface area contributed by atoms with Crippen LogP contribution in [-0.4, -0.2) is 35.9 Å². The summed E-state index contributed by atoms with van der Waals surface area (Å²) in [4.78, 5) is 11.6. The zero-order valence-electron chi connectivity index (χ0n) is 21.9. The van der Waals surface area contributed by atoms with Gasteiger partial charge in [-0.25, -0.2) is 14.6 Å². The van der Waals surface area contributed by atoms with Crippen LogP contribution in [-0.2, 0) is 0 Å². The molecule has 0 aliphatic rings. The average molecular weight is 522 g/mol. The molecule has 0 aliphatic heterocycles. The molecule has 39 heavy (non-hydrogen) atoms. The summed E-state index contributed by atoms with van der Waals surface area (Å²) < 4.78 is 12.9. The van der Waals surface area contributed by atoms with Crippen molar-refractivity contribution >= 4 is 11.0 Å². The Morgan fingerprint density at radius 2 is 1.67 bits per heavy atom. The lowest BCUT2D eigenvalue weighted by Gasteiger charge is -2.27. The summed E-state index contributed by atoms with van der Waals surface area (Å²) in [5.41, 5.74) is 4.26. The number of aliphatic hydroxyl groups excluding tert-OH is 1. The predicted molar refractivity (Wildman–Crippen MR) is 151 cm³/mol. The molecule has 3 unspecified atom stereocenters. The number of ether oxygens (including phenoxy) is 1. The van der Waals surface area contributed by atoms with Crippen LogP contribution < -0.4 is 4.74 Å². The molecule has 3 aromatic heterocycles. The lowest BCUT2D eigenvalue weighted by atomic mass is 10.0. The van der Waals surface area contributed by atoms with Crippen LogP contribution in [0.15, 0.2) is 114 Å². The standard InChI is InChI=1S/C20H23N3O2.C11H8N2O/c1-3-15(2)19(24)20(23-14-21-13-22-23)25-18-11-9-17(10-12-18)16-7-5-4-6-8-16;1-2-5-9-8(4-1)12-11(13-9)10-6-3-7-14-10/h4-15,19-20,24H,3H2,1-2H3;1-7H,(H,12,13). The van der Waals surface area contributed by atoms with Gasteiger partial charge in [-0.3, -0.25) is 0 Å². The Hall–Kier alpha value is -4.69. The van der Waals surface area contributed by atoms with E-state index in [1.54, 1.807) is 17.3 Å². The van der Waals surface area contributed by atoms with Crippen LogP contribution in [0, 0.1) is 5.92 Å². The number of aromatic nitrogens is 5. The number of rotatable bonds is 8.